The SMILES string of the molecule is CCC1(N)CN(C(=O)C2C(C)(C)C2(C)C)C1. The predicted molar refractivity (Wildman–Crippen MR) is 64.8 cm³/mol. The number of hydrogen-bond acceptors (Lipinski definition) is 2. The van der Waals surface area contributed by atoms with Crippen molar-refractivity contribution in [1.82, 2.24) is 4.90 Å². The lowest BCUT2D eigenvalue weighted by Gasteiger charge is -2.47. The first kappa shape index (κ1) is 11.9. The summed E-state index contributed by atoms with van der Waals surface area (Å²) in [5.74, 6) is 0.492. The highest BCUT2D eigenvalue weighted by molar-refractivity contribution is 5.85. The van der Waals surface area contributed by atoms with Gasteiger partial charge in [-0.1, -0.05) is 34.6 Å². The first-order valence-corrected chi connectivity index (χ1v) is 6.23. The average molecular weight is 224 g/mol. The van der Waals surface area contributed by atoms with Crippen LogP contribution in [0.15, 0.2) is 0 Å². The summed E-state index contributed by atoms with van der Waals surface area (Å²) in [6, 6.07) is 0. The summed E-state index contributed by atoms with van der Waals surface area (Å²) < 4.78 is 0. The zero-order valence-corrected chi connectivity index (χ0v) is 11.1. The van der Waals surface area contributed by atoms with E-state index in [1.54, 1.807) is 0 Å². The number of carbonyl (C=O) groups is 1. The van der Waals surface area contributed by atoms with Gasteiger partial charge >= 0.3 is 0 Å². The molecule has 1 aliphatic heterocycles. The molecule has 3 nitrogen and oxygen atoms in total. The maximum Gasteiger partial charge on any atom is 0.226 e. The van der Waals surface area contributed by atoms with Gasteiger partial charge in [-0.15, -0.1) is 0 Å². The van der Waals surface area contributed by atoms with Crippen LogP contribution in [0, 0.1) is 16.7 Å². The van der Waals surface area contributed by atoms with E-state index in [1.165, 1.54) is 0 Å². The van der Waals surface area contributed by atoms with E-state index in [1.807, 2.05) is 4.90 Å². The first-order chi connectivity index (χ1) is 7.16. The summed E-state index contributed by atoms with van der Waals surface area (Å²) >= 11 is 0. The highest BCUT2D eigenvalue weighted by Gasteiger charge is 2.69. The summed E-state index contributed by atoms with van der Waals surface area (Å²) in [5, 5.41) is 0. The minimum atomic E-state index is -0.112. The summed E-state index contributed by atoms with van der Waals surface area (Å²) in [4.78, 5) is 14.2. The van der Waals surface area contributed by atoms with Gasteiger partial charge in [0.2, 0.25) is 5.91 Å². The molecule has 0 aromatic heterocycles. The smallest absolute Gasteiger partial charge is 0.226 e. The molecule has 2 aliphatic rings. The third-order valence-corrected chi connectivity index (χ3v) is 5.29. The molecule has 0 spiro atoms. The van der Waals surface area contributed by atoms with Crippen molar-refractivity contribution in [2.75, 3.05) is 13.1 Å². The number of nitrogens with two attached hydrogens (primary N) is 1. The molecule has 1 saturated heterocycles. The molecule has 0 radical (unpaired) electrons. The first-order valence-electron chi connectivity index (χ1n) is 6.23. The van der Waals surface area contributed by atoms with Crippen LogP contribution in [0.25, 0.3) is 0 Å². The van der Waals surface area contributed by atoms with Crippen molar-refractivity contribution >= 4 is 5.91 Å². The van der Waals surface area contributed by atoms with Gasteiger partial charge in [-0.05, 0) is 17.3 Å². The van der Waals surface area contributed by atoms with E-state index in [0.717, 1.165) is 19.5 Å². The van der Waals surface area contributed by atoms with Gasteiger partial charge in [0, 0.05) is 19.0 Å². The molecule has 92 valence electrons. The molecule has 16 heavy (non-hydrogen) atoms. The molecule has 0 atom stereocenters. The van der Waals surface area contributed by atoms with Crippen molar-refractivity contribution in [3.8, 4) is 0 Å². The van der Waals surface area contributed by atoms with Gasteiger partial charge < -0.3 is 10.6 Å². The molecule has 1 aliphatic carbocycles. The van der Waals surface area contributed by atoms with Crippen LogP contribution >= 0.6 is 0 Å². The van der Waals surface area contributed by atoms with E-state index in [9.17, 15) is 4.79 Å². The second kappa shape index (κ2) is 3.00. The minimum Gasteiger partial charge on any atom is -0.339 e. The standard InChI is InChI=1S/C13H24N2O/c1-6-13(14)7-15(8-13)10(16)9-11(2,3)12(9,4)5/h9H,6-8,14H2,1-5H3. The lowest BCUT2D eigenvalue weighted by atomic mass is 9.87. The number of nitrogens with zero attached hydrogens (tertiary/aromatic N) is 1. The van der Waals surface area contributed by atoms with Crippen LogP contribution in [0.5, 0.6) is 0 Å². The van der Waals surface area contributed by atoms with E-state index >= 15 is 0 Å². The Balaban J connectivity index is 1.98. The lowest BCUT2D eigenvalue weighted by Crippen LogP contribution is -2.68. The van der Waals surface area contributed by atoms with Crippen LogP contribution in [-0.4, -0.2) is 29.4 Å². The van der Waals surface area contributed by atoms with E-state index in [-0.39, 0.29) is 22.3 Å². The number of carbonyl (C=O) groups excluding carboxylic acids is 1. The van der Waals surface area contributed by atoms with Crippen molar-refractivity contribution < 1.29 is 4.79 Å². The van der Waals surface area contributed by atoms with Gasteiger partial charge in [-0.3, -0.25) is 4.79 Å². The van der Waals surface area contributed by atoms with E-state index < -0.39 is 0 Å². The molecule has 0 bridgehead atoms. The zero-order valence-electron chi connectivity index (χ0n) is 11.1. The molecule has 0 unspecified atom stereocenters. The largest absolute Gasteiger partial charge is 0.339 e. The van der Waals surface area contributed by atoms with Crippen molar-refractivity contribution in [2.45, 2.75) is 46.6 Å². The molecular weight excluding hydrogens is 200 g/mol. The highest BCUT2D eigenvalue weighted by Crippen LogP contribution is 2.69. The predicted octanol–water partition coefficient (Wildman–Crippen LogP) is 1.62. The van der Waals surface area contributed by atoms with Crippen LogP contribution in [0.3, 0.4) is 0 Å². The molecule has 1 heterocycles. The zero-order chi connectivity index (χ0) is 12.4. The van der Waals surface area contributed by atoms with Gasteiger partial charge in [0.1, 0.15) is 0 Å². The summed E-state index contributed by atoms with van der Waals surface area (Å²) in [6.07, 6.45) is 0.953. The fourth-order valence-corrected chi connectivity index (χ4v) is 3.09. The Labute approximate surface area is 98.4 Å². The Kier molecular flexibility index (Phi) is 2.24. The second-order valence-electron chi connectivity index (χ2n) is 6.79. The number of hydrogen-bond donors (Lipinski definition) is 1. The molecule has 0 aromatic rings. The molecule has 2 rings (SSSR count). The van der Waals surface area contributed by atoms with Gasteiger partial charge in [-0.2, -0.15) is 0 Å². The molecule has 2 fully saturated rings. The Hall–Kier alpha value is -0.570. The molecule has 3 heteroatoms. The third-order valence-electron chi connectivity index (χ3n) is 5.29. The molecular formula is C13H24N2O. The highest BCUT2D eigenvalue weighted by atomic mass is 16.2. The second-order valence-corrected chi connectivity index (χ2v) is 6.79. The lowest BCUT2D eigenvalue weighted by molar-refractivity contribution is -0.141. The molecule has 0 aromatic carbocycles. The van der Waals surface area contributed by atoms with Gasteiger partial charge in [0.05, 0.1) is 5.54 Å². The van der Waals surface area contributed by atoms with Crippen LogP contribution < -0.4 is 5.73 Å². The topological polar surface area (TPSA) is 46.3 Å². The van der Waals surface area contributed by atoms with Crippen molar-refractivity contribution in [1.29, 1.82) is 0 Å². The van der Waals surface area contributed by atoms with Crippen LogP contribution in [-0.2, 0) is 4.79 Å². The molecule has 2 N–H and O–H groups in total. The van der Waals surface area contributed by atoms with Crippen LogP contribution in [0.2, 0.25) is 0 Å². The maximum absolute atomic E-state index is 12.3. The van der Waals surface area contributed by atoms with Crippen LogP contribution in [0.1, 0.15) is 41.0 Å². The Morgan fingerprint density at radius 1 is 1.25 bits per heavy atom. The van der Waals surface area contributed by atoms with Crippen molar-refractivity contribution in [3.05, 3.63) is 0 Å². The molecule has 1 amide bonds. The Morgan fingerprint density at radius 2 is 1.69 bits per heavy atom. The minimum absolute atomic E-state index is 0.112. The Bertz CT molecular complexity index is 313. The third kappa shape index (κ3) is 1.33. The van der Waals surface area contributed by atoms with E-state index in [4.69, 9.17) is 5.73 Å². The molecule has 1 saturated carbocycles. The monoisotopic (exact) mass is 224 g/mol. The van der Waals surface area contributed by atoms with E-state index in [2.05, 4.69) is 34.6 Å². The van der Waals surface area contributed by atoms with Crippen molar-refractivity contribution in [2.24, 2.45) is 22.5 Å². The normalized spacial score (nSPS) is 29.8. The summed E-state index contributed by atoms with van der Waals surface area (Å²) in [7, 11) is 0. The summed E-state index contributed by atoms with van der Waals surface area (Å²) in [6.45, 7) is 12.3. The van der Waals surface area contributed by atoms with Crippen LogP contribution in [0.4, 0.5) is 0 Å². The van der Waals surface area contributed by atoms with Gasteiger partial charge in [0.15, 0.2) is 0 Å². The van der Waals surface area contributed by atoms with Gasteiger partial charge in [-0.25, -0.2) is 0 Å². The van der Waals surface area contributed by atoms with Gasteiger partial charge in [0.25, 0.3) is 0 Å². The number of rotatable bonds is 2. The fraction of sp³-hybridized carbons (Fsp3) is 0.923. The Morgan fingerprint density at radius 3 is 2.00 bits per heavy atom. The quantitative estimate of drug-likeness (QED) is 0.774. The summed E-state index contributed by atoms with van der Waals surface area (Å²) in [5.41, 5.74) is 6.26. The average Bonchev–Trinajstić information content (AvgIpc) is 2.51. The number of amides is 1. The fourth-order valence-electron chi connectivity index (χ4n) is 3.09. The number of likely N-dealkylation sites (tertiary alicyclic amines) is 1. The van der Waals surface area contributed by atoms with E-state index in [0.29, 0.717) is 5.91 Å². The van der Waals surface area contributed by atoms with Crippen molar-refractivity contribution in [3.63, 3.8) is 0 Å². The maximum atomic E-state index is 12.3.